The van der Waals surface area contributed by atoms with Crippen molar-refractivity contribution in [3.8, 4) is 0 Å². The monoisotopic (exact) mass is 335 g/mol. The zero-order chi connectivity index (χ0) is 17.2. The number of piperidine rings is 1. The lowest BCUT2D eigenvalue weighted by Crippen LogP contribution is -2.38. The Morgan fingerprint density at radius 2 is 2.25 bits per heavy atom. The highest BCUT2D eigenvalue weighted by molar-refractivity contribution is 5.79. The van der Waals surface area contributed by atoms with Crippen molar-refractivity contribution >= 4 is 5.96 Å². The predicted octanol–water partition coefficient (Wildman–Crippen LogP) is 1.38. The van der Waals surface area contributed by atoms with Gasteiger partial charge in [0.05, 0.1) is 0 Å². The third kappa shape index (κ3) is 6.47. The summed E-state index contributed by atoms with van der Waals surface area (Å²) >= 11 is 0. The number of aromatic nitrogens is 3. The molecule has 1 aliphatic rings. The van der Waals surface area contributed by atoms with Crippen LogP contribution in [-0.2, 0) is 13.6 Å². The average molecular weight is 336 g/mol. The second-order valence-corrected chi connectivity index (χ2v) is 6.68. The van der Waals surface area contributed by atoms with Crippen molar-refractivity contribution in [3.63, 3.8) is 0 Å². The van der Waals surface area contributed by atoms with Crippen LogP contribution in [0.5, 0.6) is 0 Å². The van der Waals surface area contributed by atoms with E-state index in [0.29, 0.717) is 6.54 Å². The summed E-state index contributed by atoms with van der Waals surface area (Å²) in [6.45, 7) is 10.6. The number of rotatable bonds is 8. The first-order valence-corrected chi connectivity index (χ1v) is 9.26. The van der Waals surface area contributed by atoms with Crippen LogP contribution < -0.4 is 10.6 Å². The summed E-state index contributed by atoms with van der Waals surface area (Å²) in [5, 5.41) is 10.8. The third-order valence-electron chi connectivity index (χ3n) is 4.46. The molecule has 1 aromatic rings. The number of unbranched alkanes of at least 4 members (excludes halogenated alkanes) is 1. The van der Waals surface area contributed by atoms with E-state index in [1.165, 1.54) is 45.3 Å². The Bertz CT molecular complexity index is 497. The topological polar surface area (TPSA) is 70.4 Å². The fourth-order valence-corrected chi connectivity index (χ4v) is 3.11. The molecule has 0 saturated carbocycles. The van der Waals surface area contributed by atoms with Gasteiger partial charge in [0.2, 0.25) is 0 Å². The number of hydrogen-bond donors (Lipinski definition) is 2. The quantitative estimate of drug-likeness (QED) is 0.427. The van der Waals surface area contributed by atoms with Crippen molar-refractivity contribution < 1.29 is 0 Å². The number of aliphatic imine (C=N–C) groups is 1. The van der Waals surface area contributed by atoms with Crippen molar-refractivity contribution in [1.29, 1.82) is 0 Å². The van der Waals surface area contributed by atoms with Crippen LogP contribution in [0.25, 0.3) is 0 Å². The number of nitrogens with one attached hydrogen (secondary N) is 2. The molecular weight excluding hydrogens is 302 g/mol. The Kier molecular flexibility index (Phi) is 8.01. The molecule has 0 bridgehead atoms. The van der Waals surface area contributed by atoms with Gasteiger partial charge in [-0.15, -0.1) is 0 Å². The Labute approximate surface area is 145 Å². The van der Waals surface area contributed by atoms with Crippen molar-refractivity contribution in [2.24, 2.45) is 18.0 Å². The lowest BCUT2D eigenvalue weighted by atomic mass is 10.0. The molecule has 1 atom stereocenters. The van der Waals surface area contributed by atoms with Crippen LogP contribution >= 0.6 is 0 Å². The number of hydrogen-bond acceptors (Lipinski definition) is 4. The van der Waals surface area contributed by atoms with Gasteiger partial charge in [0.15, 0.2) is 5.96 Å². The van der Waals surface area contributed by atoms with Gasteiger partial charge < -0.3 is 15.5 Å². The van der Waals surface area contributed by atoms with E-state index in [-0.39, 0.29) is 0 Å². The number of likely N-dealkylation sites (tertiary alicyclic amines) is 1. The number of aryl methyl sites for hydroxylation is 1. The van der Waals surface area contributed by atoms with Crippen LogP contribution in [0.3, 0.4) is 0 Å². The highest BCUT2D eigenvalue weighted by Crippen LogP contribution is 2.15. The molecule has 1 unspecified atom stereocenters. The van der Waals surface area contributed by atoms with Gasteiger partial charge in [-0.3, -0.25) is 4.68 Å². The van der Waals surface area contributed by atoms with Crippen LogP contribution in [0.1, 0.15) is 45.4 Å². The van der Waals surface area contributed by atoms with Crippen LogP contribution in [0, 0.1) is 5.92 Å². The maximum absolute atomic E-state index is 4.57. The Hall–Kier alpha value is -1.63. The molecule has 2 heterocycles. The van der Waals surface area contributed by atoms with E-state index in [4.69, 9.17) is 0 Å². The molecule has 24 heavy (non-hydrogen) atoms. The highest BCUT2D eigenvalue weighted by Gasteiger charge is 2.15. The summed E-state index contributed by atoms with van der Waals surface area (Å²) in [4.78, 5) is 11.4. The lowest BCUT2D eigenvalue weighted by Gasteiger charge is -2.30. The van der Waals surface area contributed by atoms with Gasteiger partial charge in [-0.05, 0) is 51.6 Å². The summed E-state index contributed by atoms with van der Waals surface area (Å²) in [5.41, 5.74) is 0. The Morgan fingerprint density at radius 1 is 1.38 bits per heavy atom. The van der Waals surface area contributed by atoms with Crippen LogP contribution in [0.2, 0.25) is 0 Å². The first-order chi connectivity index (χ1) is 11.7. The molecule has 2 N–H and O–H groups in total. The predicted molar refractivity (Wildman–Crippen MR) is 97.9 cm³/mol. The second kappa shape index (κ2) is 10.3. The molecule has 1 aromatic heterocycles. The van der Waals surface area contributed by atoms with E-state index in [0.717, 1.165) is 30.8 Å². The molecule has 0 spiro atoms. The number of nitrogens with zero attached hydrogens (tertiary/aromatic N) is 5. The summed E-state index contributed by atoms with van der Waals surface area (Å²) < 4.78 is 1.76. The summed E-state index contributed by atoms with van der Waals surface area (Å²) in [5.74, 6) is 2.59. The van der Waals surface area contributed by atoms with Gasteiger partial charge in [0.1, 0.15) is 18.7 Å². The summed E-state index contributed by atoms with van der Waals surface area (Å²) in [6, 6.07) is 0. The molecule has 2 rings (SSSR count). The first-order valence-electron chi connectivity index (χ1n) is 9.26. The minimum Gasteiger partial charge on any atom is -0.357 e. The van der Waals surface area contributed by atoms with Gasteiger partial charge in [-0.1, -0.05) is 6.92 Å². The molecule has 7 nitrogen and oxygen atoms in total. The molecule has 7 heteroatoms. The van der Waals surface area contributed by atoms with Crippen molar-refractivity contribution in [1.82, 2.24) is 30.3 Å². The van der Waals surface area contributed by atoms with E-state index >= 15 is 0 Å². The highest BCUT2D eigenvalue weighted by atomic mass is 15.3. The van der Waals surface area contributed by atoms with Gasteiger partial charge >= 0.3 is 0 Å². The minimum atomic E-state index is 0.539. The van der Waals surface area contributed by atoms with E-state index in [2.05, 4.69) is 44.5 Å². The summed E-state index contributed by atoms with van der Waals surface area (Å²) in [6.07, 6.45) is 6.72. The molecule has 1 fully saturated rings. The zero-order valence-corrected chi connectivity index (χ0v) is 15.5. The van der Waals surface area contributed by atoms with Gasteiger partial charge in [0, 0.05) is 26.7 Å². The molecule has 0 radical (unpaired) electrons. The molecule has 0 aliphatic carbocycles. The van der Waals surface area contributed by atoms with E-state index in [1.54, 1.807) is 11.0 Å². The third-order valence-corrected chi connectivity index (χ3v) is 4.46. The maximum Gasteiger partial charge on any atom is 0.191 e. The lowest BCUT2D eigenvalue weighted by molar-refractivity contribution is 0.181. The van der Waals surface area contributed by atoms with E-state index in [1.807, 2.05) is 7.05 Å². The Balaban J connectivity index is 1.65. The number of guanidine groups is 1. The molecule has 0 amide bonds. The van der Waals surface area contributed by atoms with Gasteiger partial charge in [-0.25, -0.2) is 9.98 Å². The Morgan fingerprint density at radius 3 is 2.96 bits per heavy atom. The van der Waals surface area contributed by atoms with E-state index in [9.17, 15) is 0 Å². The summed E-state index contributed by atoms with van der Waals surface area (Å²) in [7, 11) is 1.89. The zero-order valence-electron chi connectivity index (χ0n) is 15.5. The van der Waals surface area contributed by atoms with Crippen LogP contribution in [0.4, 0.5) is 0 Å². The fraction of sp³-hybridized carbons (Fsp3) is 0.824. The molecule has 1 saturated heterocycles. The van der Waals surface area contributed by atoms with Gasteiger partial charge in [-0.2, -0.15) is 5.10 Å². The smallest absolute Gasteiger partial charge is 0.191 e. The first kappa shape index (κ1) is 18.7. The standard InChI is InChI=1S/C17H33N7/c1-4-18-17(20-12-16-21-14-22-23(16)3)19-9-5-6-10-24-11-7-8-15(2)13-24/h14-15H,4-13H2,1-3H3,(H2,18,19,20). The largest absolute Gasteiger partial charge is 0.357 e. The van der Waals surface area contributed by atoms with E-state index < -0.39 is 0 Å². The molecule has 1 aliphatic heterocycles. The molecular formula is C17H33N7. The van der Waals surface area contributed by atoms with Crippen LogP contribution in [0.15, 0.2) is 11.3 Å². The second-order valence-electron chi connectivity index (χ2n) is 6.68. The average Bonchev–Trinajstić information content (AvgIpc) is 2.97. The van der Waals surface area contributed by atoms with Crippen molar-refractivity contribution in [3.05, 3.63) is 12.2 Å². The fourth-order valence-electron chi connectivity index (χ4n) is 3.11. The normalized spacial score (nSPS) is 19.5. The maximum atomic E-state index is 4.57. The molecule has 0 aromatic carbocycles. The van der Waals surface area contributed by atoms with Gasteiger partial charge in [0.25, 0.3) is 0 Å². The minimum absolute atomic E-state index is 0.539. The van der Waals surface area contributed by atoms with Crippen molar-refractivity contribution in [2.45, 2.75) is 46.1 Å². The van der Waals surface area contributed by atoms with Crippen LogP contribution in [-0.4, -0.2) is 58.3 Å². The van der Waals surface area contributed by atoms with Crippen molar-refractivity contribution in [2.75, 3.05) is 32.7 Å². The SMILES string of the molecule is CCNC(=NCc1ncnn1C)NCCCCN1CCCC(C)C1. The molecule has 136 valence electrons.